The lowest BCUT2D eigenvalue weighted by atomic mass is 10.0. The van der Waals surface area contributed by atoms with Crippen LogP contribution in [-0.4, -0.2) is 206 Å². The second kappa shape index (κ2) is 37.0. The molecular formula is C64H87N17O14S2. The van der Waals surface area contributed by atoms with E-state index in [0.29, 0.717) is 40.4 Å². The number of H-pyrrole nitrogens is 2. The summed E-state index contributed by atoms with van der Waals surface area (Å²) in [5, 5.41) is 46.7. The Morgan fingerprint density at radius 3 is 1.66 bits per heavy atom. The summed E-state index contributed by atoms with van der Waals surface area (Å²) in [4.78, 5) is 175. The number of hydrogen-bond donors (Lipinski definition) is 19. The van der Waals surface area contributed by atoms with Gasteiger partial charge in [-0.05, 0) is 74.3 Å². The number of aliphatic hydroxyl groups excluding tert-OH is 1. The summed E-state index contributed by atoms with van der Waals surface area (Å²) < 4.78 is 0. The van der Waals surface area contributed by atoms with Crippen molar-refractivity contribution in [2.75, 3.05) is 37.7 Å². The number of aliphatic imine (C=N–C) groups is 1. The molecule has 97 heavy (non-hydrogen) atoms. The van der Waals surface area contributed by atoms with Crippen LogP contribution in [0.2, 0.25) is 0 Å². The van der Waals surface area contributed by atoms with Crippen molar-refractivity contribution in [2.45, 2.75) is 139 Å². The topological polar surface area (TPSA) is 491 Å². The summed E-state index contributed by atoms with van der Waals surface area (Å²) in [6, 6.07) is 8.52. The van der Waals surface area contributed by atoms with Crippen molar-refractivity contribution in [1.82, 2.24) is 68.0 Å². The number of nitrogens with one attached hydrogen (secondary N) is 12. The Labute approximate surface area is 570 Å². The third kappa shape index (κ3) is 22.2. The van der Waals surface area contributed by atoms with Gasteiger partial charge in [0.1, 0.15) is 60.4 Å². The van der Waals surface area contributed by atoms with E-state index in [-0.39, 0.29) is 62.7 Å². The molecule has 3 heterocycles. The smallest absolute Gasteiger partial charge is 0.325 e. The molecule has 11 atom stereocenters. The van der Waals surface area contributed by atoms with Crippen molar-refractivity contribution in [3.05, 3.63) is 108 Å². The number of amides is 11. The van der Waals surface area contributed by atoms with Gasteiger partial charge in [-0.15, -0.1) is 0 Å². The number of aromatic nitrogens is 2. The Morgan fingerprint density at radius 1 is 0.588 bits per heavy atom. The fourth-order valence-corrected chi connectivity index (χ4v) is 11.2. The number of aliphatic carboxylic acids is 1. The van der Waals surface area contributed by atoms with E-state index in [0.717, 1.165) is 10.9 Å². The summed E-state index contributed by atoms with van der Waals surface area (Å²) in [5.74, 6) is -11.6. The Bertz CT molecular complexity index is 3640. The molecule has 3 aromatic carbocycles. The Kier molecular flexibility index (Phi) is 29.1. The third-order valence-corrected chi connectivity index (χ3v) is 16.9. The number of aliphatic hydroxyl groups is 1. The molecule has 0 radical (unpaired) electrons. The Hall–Kier alpha value is -9.73. The molecule has 5 aromatic rings. The highest BCUT2D eigenvalue weighted by Gasteiger charge is 2.40. The molecule has 0 aliphatic carbocycles. The number of nitrogens with two attached hydrogens (primary N) is 3. The number of nitrogens with zero attached hydrogens (tertiary/aromatic N) is 2. The molecule has 2 aromatic heterocycles. The van der Waals surface area contributed by atoms with Crippen LogP contribution < -0.4 is 70.4 Å². The minimum absolute atomic E-state index is 0.0154. The molecule has 0 bridgehead atoms. The van der Waals surface area contributed by atoms with Crippen LogP contribution in [0.15, 0.2) is 96.2 Å². The van der Waals surface area contributed by atoms with Crippen LogP contribution in [0.1, 0.15) is 70.1 Å². The van der Waals surface area contributed by atoms with Crippen LogP contribution in [0.3, 0.4) is 0 Å². The average molecular weight is 1380 g/mol. The molecule has 31 nitrogen and oxygen atoms in total. The van der Waals surface area contributed by atoms with E-state index in [2.05, 4.69) is 93.4 Å². The Morgan fingerprint density at radius 2 is 1.09 bits per heavy atom. The van der Waals surface area contributed by atoms with Crippen molar-refractivity contribution in [2.24, 2.45) is 28.1 Å². The highest BCUT2D eigenvalue weighted by atomic mass is 32.1. The molecular weight excluding hydrogens is 1290 g/mol. The minimum Gasteiger partial charge on any atom is -0.480 e. The van der Waals surface area contributed by atoms with E-state index >= 15 is 0 Å². The van der Waals surface area contributed by atoms with Gasteiger partial charge in [-0.2, -0.15) is 25.3 Å². The molecule has 0 saturated carbocycles. The summed E-state index contributed by atoms with van der Waals surface area (Å²) in [5.41, 5.74) is 20.3. The number of carboxylic acids is 1. The molecule has 6 rings (SSSR count). The van der Waals surface area contributed by atoms with E-state index in [1.165, 1.54) is 18.7 Å². The second-order valence-electron chi connectivity index (χ2n) is 23.8. The van der Waals surface area contributed by atoms with E-state index in [9.17, 15) is 67.7 Å². The largest absolute Gasteiger partial charge is 0.480 e. The number of fused-ring (bicyclic) bond motifs is 2. The van der Waals surface area contributed by atoms with Gasteiger partial charge in [-0.1, -0.05) is 80.6 Å². The number of hydrogen-bond acceptors (Lipinski definition) is 17. The lowest BCUT2D eigenvalue weighted by Crippen LogP contribution is -2.61. The Balaban J connectivity index is 1.10. The summed E-state index contributed by atoms with van der Waals surface area (Å²) >= 11 is 8.58. The molecule has 1 aliphatic rings. The molecule has 11 amide bonds. The predicted octanol–water partition coefficient (Wildman–Crippen LogP) is -2.84. The maximum atomic E-state index is 14.5. The number of carboxylic acid groups (broad SMARTS) is 1. The van der Waals surface area contributed by atoms with Crippen LogP contribution >= 0.6 is 25.3 Å². The third-order valence-electron chi connectivity index (χ3n) is 16.1. The summed E-state index contributed by atoms with van der Waals surface area (Å²) in [6.07, 6.45) is 4.20. The van der Waals surface area contributed by atoms with Crippen LogP contribution in [-0.2, 0) is 76.8 Å². The van der Waals surface area contributed by atoms with Crippen LogP contribution in [0.5, 0.6) is 0 Å². The average Bonchev–Trinajstić information content (AvgIpc) is 1.74. The molecule has 1 fully saturated rings. The molecule has 0 unspecified atom stereocenters. The van der Waals surface area contributed by atoms with Crippen molar-refractivity contribution in [3.63, 3.8) is 0 Å². The number of carbonyl (C=O) groups excluding carboxylic acids is 11. The molecule has 1 saturated heterocycles. The van der Waals surface area contributed by atoms with Gasteiger partial charge in [0.05, 0.1) is 19.2 Å². The van der Waals surface area contributed by atoms with Gasteiger partial charge in [0.15, 0.2) is 5.96 Å². The number of para-hydroxylation sites is 2. The van der Waals surface area contributed by atoms with E-state index in [1.807, 2.05) is 12.1 Å². The van der Waals surface area contributed by atoms with Crippen molar-refractivity contribution in [3.8, 4) is 0 Å². The number of benzene rings is 3. The zero-order chi connectivity index (χ0) is 71.0. The van der Waals surface area contributed by atoms with Crippen molar-refractivity contribution >= 4 is 124 Å². The summed E-state index contributed by atoms with van der Waals surface area (Å²) in [6.45, 7) is 4.44. The molecule has 0 spiro atoms. The van der Waals surface area contributed by atoms with Gasteiger partial charge in [0, 0.05) is 78.1 Å². The first-order valence-electron chi connectivity index (χ1n) is 31.5. The van der Waals surface area contributed by atoms with Gasteiger partial charge >= 0.3 is 5.97 Å². The number of thiol groups is 2. The number of likely N-dealkylation sites (tertiary alicyclic amines) is 1. The first-order valence-corrected chi connectivity index (χ1v) is 32.8. The quantitative estimate of drug-likeness (QED) is 0.00831. The lowest BCUT2D eigenvalue weighted by Gasteiger charge is -2.30. The van der Waals surface area contributed by atoms with E-state index in [4.69, 9.17) is 17.2 Å². The monoisotopic (exact) mass is 1380 g/mol. The van der Waals surface area contributed by atoms with Gasteiger partial charge in [-0.3, -0.25) is 62.5 Å². The van der Waals surface area contributed by atoms with E-state index in [1.54, 1.807) is 93.0 Å². The summed E-state index contributed by atoms with van der Waals surface area (Å²) in [7, 11) is 0. The lowest BCUT2D eigenvalue weighted by molar-refractivity contribution is -0.144. The van der Waals surface area contributed by atoms with Crippen LogP contribution in [0.25, 0.3) is 21.8 Å². The standard InChI is InChI=1S/C64H87N17O14S2/c1-33(2)52(61(92)79-49(32-97)62(93)81-23-13-21-50(81)60(91)73-35(4)63(94)95)80-51(83)29-71-55(86)45(25-37-27-69-42-19-10-8-16-39(37)42)74-53(84)34(3)72-58(89)47(30-82)77-59(90)48(31-96)78-57(88)46(26-38-28-70-43-20-11-9-17-40(38)43)76-56(87)44(24-36-14-6-5-7-15-36)75-54(85)41(65)18-12-22-68-64(66)67/h5-11,14-17,19-20,27-28,33-35,41,44-50,52,69-70,82,96-97H,12-13,18,21-26,29-32,65H2,1-4H3,(H,71,86)(H,72,89)(H,73,91)(H,74,84)(H,75,85)(H,76,87)(H,77,90)(H,78,88)(H,79,92)(H,80,83)(H,94,95)(H4,66,67,68)/t34-,35-,41-,44-,45-,46-,47-,48-,49-,50-,52-/m0/s1. The second-order valence-corrected chi connectivity index (χ2v) is 24.5. The number of carbonyl (C=O) groups is 12. The fourth-order valence-electron chi connectivity index (χ4n) is 10.7. The van der Waals surface area contributed by atoms with Crippen LogP contribution in [0.4, 0.5) is 0 Å². The first-order chi connectivity index (χ1) is 46.2. The number of rotatable bonds is 36. The number of aromatic amines is 2. The van der Waals surface area contributed by atoms with Gasteiger partial charge in [0.2, 0.25) is 65.0 Å². The first kappa shape index (κ1) is 76.3. The zero-order valence-corrected chi connectivity index (χ0v) is 55.9. The van der Waals surface area contributed by atoms with E-state index < -0.39 is 156 Å². The maximum absolute atomic E-state index is 14.5. The highest BCUT2D eigenvalue weighted by Crippen LogP contribution is 2.23. The molecule has 524 valence electrons. The molecule has 33 heteroatoms. The van der Waals surface area contributed by atoms with Crippen LogP contribution in [0, 0.1) is 5.92 Å². The van der Waals surface area contributed by atoms with Gasteiger partial charge in [-0.25, -0.2) is 0 Å². The SMILES string of the molecule is CC(C)[C@H](NC(=O)CNC(=O)[C@H](Cc1c[nH]c2ccccc12)NC(=O)[C@H](C)NC(=O)[C@H](CO)NC(=O)[C@H](CS)NC(=O)[C@H](Cc1c[nH]c2ccccc12)NC(=O)[C@H](Cc1ccccc1)NC(=O)[C@@H](N)CCCN=C(N)N)C(=O)N[C@@H](CS)C(=O)N1CCC[C@H]1C(=O)N[C@@H](C)C(=O)O. The zero-order valence-electron chi connectivity index (χ0n) is 54.1. The highest BCUT2D eigenvalue weighted by molar-refractivity contribution is 7.80. The normalized spacial score (nSPS) is 15.9. The number of guanidine groups is 1. The van der Waals surface area contributed by atoms with Crippen molar-refractivity contribution in [1.29, 1.82) is 0 Å². The van der Waals surface area contributed by atoms with Gasteiger partial charge in [0.25, 0.3) is 0 Å². The maximum Gasteiger partial charge on any atom is 0.325 e. The van der Waals surface area contributed by atoms with Crippen molar-refractivity contribution < 1.29 is 67.7 Å². The fraction of sp³-hybridized carbons (Fsp3) is 0.453. The minimum atomic E-state index is -1.74. The predicted molar refractivity (Wildman–Crippen MR) is 366 cm³/mol. The molecule has 20 N–H and O–H groups in total. The van der Waals surface area contributed by atoms with Gasteiger partial charge < -0.3 is 95.4 Å². The molecule has 1 aliphatic heterocycles.